The van der Waals surface area contributed by atoms with Gasteiger partial charge in [-0.1, -0.05) is 72.8 Å². The first-order valence-electron chi connectivity index (χ1n) is 29.4. The minimum atomic E-state index is -1.83. The van der Waals surface area contributed by atoms with Gasteiger partial charge in [0.25, 0.3) is 0 Å². The largest absolute Gasteiger partial charge is 0.549 e. The zero-order chi connectivity index (χ0) is 73.8. The summed E-state index contributed by atoms with van der Waals surface area (Å²) in [6.45, 7) is -6.21. The zero-order valence-electron chi connectivity index (χ0n) is 54.5. The van der Waals surface area contributed by atoms with Crippen LogP contribution in [0.1, 0.15) is 75.0 Å². The molecule has 6 aromatic rings. The molecule has 36 heteroatoms. The van der Waals surface area contributed by atoms with E-state index in [9.17, 15) is 57.5 Å². The molecule has 0 aliphatic carbocycles. The predicted molar refractivity (Wildman–Crippen MR) is 328 cm³/mol. The maximum absolute atomic E-state index is 13.7. The molecule has 36 nitrogen and oxygen atoms in total. The fraction of sp³-hybridized carbons (Fsp3) is 0.273. The number of carbonyl (C=O) groups is 12. The van der Waals surface area contributed by atoms with Crippen molar-refractivity contribution in [1.29, 1.82) is 0 Å². The lowest BCUT2D eigenvalue weighted by Gasteiger charge is -2.36. The monoisotopic (exact) mass is 1430 g/mol. The minimum Gasteiger partial charge on any atom is -0.496 e. The molecule has 102 heavy (non-hydrogen) atoms. The summed E-state index contributed by atoms with van der Waals surface area (Å²) in [7, 11) is 7.37. The molecule has 0 N–H and O–H groups in total. The second-order valence-electron chi connectivity index (χ2n) is 19.8. The average Bonchev–Trinajstić information content (AvgIpc) is 0.843. The Bertz CT molecular complexity index is 3620. The Hall–Kier alpha value is -13.4. The quantitative estimate of drug-likeness (QED) is 0.0182. The Labute approximate surface area is 576 Å². The number of hydrogen-bond donors (Lipinski definition) is 0. The first kappa shape index (κ1) is 77.6. The average molecular weight is 1430 g/mol. The maximum Gasteiger partial charge on any atom is 0.549 e. The van der Waals surface area contributed by atoms with Crippen LogP contribution in [0.15, 0.2) is 146 Å². The van der Waals surface area contributed by atoms with Crippen molar-refractivity contribution in [2.45, 2.75) is 12.8 Å². The van der Waals surface area contributed by atoms with Gasteiger partial charge in [0.15, 0.2) is 0 Å². The Morgan fingerprint density at radius 2 is 0.412 bits per heavy atom. The summed E-state index contributed by atoms with van der Waals surface area (Å²) in [5.41, 5.74) is -1.41. The minimum absolute atomic E-state index is 0.00753. The van der Waals surface area contributed by atoms with Crippen molar-refractivity contribution in [3.63, 3.8) is 0 Å². The van der Waals surface area contributed by atoms with E-state index < -0.39 is 149 Å². The third kappa shape index (κ3) is 24.0. The molecule has 0 amide bonds. The summed E-state index contributed by atoms with van der Waals surface area (Å²) < 4.78 is 63.3. The lowest BCUT2D eigenvalue weighted by molar-refractivity contribution is -0.212. The molecule has 0 bridgehead atoms. The van der Waals surface area contributed by atoms with E-state index in [1.807, 2.05) is 0 Å². The van der Waals surface area contributed by atoms with Gasteiger partial charge in [-0.2, -0.15) is 28.8 Å². The molecular formula is C66H62O36. The molecule has 6 rings (SSSR count). The summed E-state index contributed by atoms with van der Waals surface area (Å²) in [4.78, 5) is 216. The van der Waals surface area contributed by atoms with E-state index in [0.717, 1.165) is 0 Å². The van der Waals surface area contributed by atoms with Crippen LogP contribution >= 0.6 is 0 Å². The fourth-order valence-corrected chi connectivity index (χ4v) is 9.05. The van der Waals surface area contributed by atoms with Crippen LogP contribution in [0.3, 0.4) is 0 Å². The van der Waals surface area contributed by atoms with Gasteiger partial charge in [-0.25, -0.2) is 87.4 Å². The van der Waals surface area contributed by atoms with Gasteiger partial charge in [-0.3, -0.25) is 0 Å². The lowest BCUT2D eigenvalue weighted by atomic mass is 9.74. The zero-order valence-corrected chi connectivity index (χ0v) is 54.5. The fourth-order valence-electron chi connectivity index (χ4n) is 9.05. The first-order chi connectivity index (χ1) is 49.3. The summed E-state index contributed by atoms with van der Waals surface area (Å²) in [5.74, 6) is -14.6. The van der Waals surface area contributed by atoms with Crippen molar-refractivity contribution in [2.24, 2.45) is 23.7 Å². The Kier molecular flexibility index (Phi) is 31.1. The van der Waals surface area contributed by atoms with Gasteiger partial charge in [0.05, 0.1) is 82.3 Å². The second kappa shape index (κ2) is 41.0. The van der Waals surface area contributed by atoms with E-state index in [4.69, 9.17) is 86.2 Å². The Morgan fingerprint density at radius 1 is 0.235 bits per heavy atom. The van der Waals surface area contributed by atoms with Gasteiger partial charge in [-0.05, 0) is 85.6 Å². The lowest BCUT2D eigenvalue weighted by Crippen LogP contribution is -2.41. The molecule has 0 saturated heterocycles. The molecule has 0 spiro atoms. The van der Waals surface area contributed by atoms with Crippen LogP contribution in [0.25, 0.3) is 0 Å². The number of para-hydroxylation sites is 6. The molecule has 6 aromatic carbocycles. The SMILES string of the molecule is COc1ccccc1C(=O)OOC(=O)OCCC(COC(=O)OOC(=O)c1ccccc1OC)C(COC(=O)OOC(=O)c1ccccc1OC)C(COC(=O)OOC(=O)c1ccccc1OC)C(CCOC(=O)OOC(=O)c1ccccc1OC)COC(=O)OOC(=O)c1ccccc1OC. The van der Waals surface area contributed by atoms with Gasteiger partial charge >= 0.3 is 72.7 Å². The summed E-state index contributed by atoms with van der Waals surface area (Å²) >= 11 is 0. The van der Waals surface area contributed by atoms with E-state index in [1.54, 1.807) is 0 Å². The van der Waals surface area contributed by atoms with Crippen LogP contribution in [0.2, 0.25) is 0 Å². The van der Waals surface area contributed by atoms with Crippen LogP contribution < -0.4 is 28.4 Å². The van der Waals surface area contributed by atoms with Crippen LogP contribution in [0.4, 0.5) is 28.8 Å². The normalized spacial score (nSPS) is 11.5. The van der Waals surface area contributed by atoms with Crippen LogP contribution in [0, 0.1) is 23.7 Å². The van der Waals surface area contributed by atoms with Crippen molar-refractivity contribution < 1.29 is 173 Å². The third-order valence-corrected chi connectivity index (χ3v) is 13.9. The van der Waals surface area contributed by atoms with Gasteiger partial charge in [0, 0.05) is 23.7 Å². The molecule has 0 heterocycles. The van der Waals surface area contributed by atoms with Crippen LogP contribution in [-0.2, 0) is 87.1 Å². The standard InChI is InChI=1S/C66H62O36/c1-79-49-25-13-7-19-41(49)55(67)91-97-61(73)85-33-31-39(35-87-63(75)99-93-57(69)43-21-9-15-27-51(43)81-3)47(37-89-65(77)101-95-59(71)45-23-11-17-29-53(45)83-5)48(38-90-66(78)102-96-60(72)46-24-12-18-30-54(46)84-6)40(36-88-64(76)100-94-58(70)44-22-10-16-28-52(44)82-4)32-34-86-62(74)98-92-56(68)42-20-8-14-26-50(42)80-2/h7-30,39-40,47-48H,31-38H2,1-6H3. The van der Waals surface area contributed by atoms with E-state index in [0.29, 0.717) is 0 Å². The highest BCUT2D eigenvalue weighted by atomic mass is 17.3. The predicted octanol–water partition coefficient (Wildman–Crippen LogP) is 9.83. The Morgan fingerprint density at radius 3 is 0.608 bits per heavy atom. The van der Waals surface area contributed by atoms with E-state index in [1.165, 1.54) is 188 Å². The van der Waals surface area contributed by atoms with Gasteiger partial charge in [-0.15, -0.1) is 0 Å². The summed E-state index contributed by atoms with van der Waals surface area (Å²) in [5, 5.41) is 0. The topological polar surface area (TPSA) is 426 Å². The summed E-state index contributed by atoms with van der Waals surface area (Å²) in [6.07, 6.45) is -12.0. The first-order valence-corrected chi connectivity index (χ1v) is 29.4. The van der Waals surface area contributed by atoms with E-state index >= 15 is 0 Å². The van der Waals surface area contributed by atoms with E-state index in [2.05, 4.69) is 29.3 Å². The van der Waals surface area contributed by atoms with Crippen molar-refractivity contribution >= 4 is 72.7 Å². The maximum atomic E-state index is 13.7. The number of benzene rings is 6. The van der Waals surface area contributed by atoms with Crippen molar-refractivity contribution in [2.75, 3.05) is 82.3 Å². The molecule has 0 aliphatic rings. The van der Waals surface area contributed by atoms with Gasteiger partial charge in [0.2, 0.25) is 0 Å². The second-order valence-corrected chi connectivity index (χ2v) is 19.8. The molecular weight excluding hydrogens is 1370 g/mol. The molecule has 4 atom stereocenters. The van der Waals surface area contributed by atoms with Gasteiger partial charge in [0.1, 0.15) is 67.9 Å². The Balaban J connectivity index is 1.41. The van der Waals surface area contributed by atoms with E-state index in [-0.39, 0.29) is 67.9 Å². The smallest absolute Gasteiger partial charge is 0.496 e. The number of hydrogen-bond acceptors (Lipinski definition) is 36. The van der Waals surface area contributed by atoms with Crippen LogP contribution in [0.5, 0.6) is 34.5 Å². The molecule has 0 aliphatic heterocycles. The van der Waals surface area contributed by atoms with Crippen molar-refractivity contribution in [3.8, 4) is 34.5 Å². The molecule has 0 aromatic heterocycles. The molecule has 4 unspecified atom stereocenters. The number of carbonyl (C=O) groups excluding carboxylic acids is 12. The molecule has 0 fully saturated rings. The highest BCUT2D eigenvalue weighted by molar-refractivity contribution is 5.95. The molecule has 0 saturated carbocycles. The highest BCUT2D eigenvalue weighted by Gasteiger charge is 2.40. The number of rotatable bonds is 29. The summed E-state index contributed by atoms with van der Waals surface area (Å²) in [6, 6.07) is 33.3. The molecule has 542 valence electrons. The number of methoxy groups -OCH3 is 6. The van der Waals surface area contributed by atoms with Crippen molar-refractivity contribution in [1.82, 2.24) is 0 Å². The highest BCUT2D eigenvalue weighted by Crippen LogP contribution is 2.35. The van der Waals surface area contributed by atoms with Crippen molar-refractivity contribution in [3.05, 3.63) is 179 Å². The van der Waals surface area contributed by atoms with Crippen LogP contribution in [-0.4, -0.2) is 155 Å². The number of ether oxygens (including phenoxy) is 12. The third-order valence-electron chi connectivity index (χ3n) is 13.9. The molecule has 0 radical (unpaired) electrons. The van der Waals surface area contributed by atoms with Gasteiger partial charge < -0.3 is 56.8 Å².